The average Bonchev–Trinajstić information content (AvgIpc) is 2.41. The van der Waals surface area contributed by atoms with E-state index in [9.17, 15) is 4.79 Å². The highest BCUT2D eigenvalue weighted by Crippen LogP contribution is 2.17. The van der Waals surface area contributed by atoms with Crippen LogP contribution in [0.15, 0.2) is 59.8 Å². The Balaban J connectivity index is 1.73. The molecule has 1 N–H and O–H groups in total. The molecule has 1 heterocycles. The average molecular weight is 258 g/mol. The smallest absolute Gasteiger partial charge is 0.225 e. The van der Waals surface area contributed by atoms with Crippen molar-refractivity contribution in [3.63, 3.8) is 0 Å². The number of aromatic nitrogens is 1. The summed E-state index contributed by atoms with van der Waals surface area (Å²) in [6.45, 7) is 0. The lowest BCUT2D eigenvalue weighted by atomic mass is 10.4. The van der Waals surface area contributed by atoms with E-state index in [4.69, 9.17) is 0 Å². The molecule has 0 unspecified atom stereocenters. The molecule has 0 fully saturated rings. The lowest BCUT2D eigenvalue weighted by molar-refractivity contribution is -0.115. The second-order valence-electron chi connectivity index (χ2n) is 3.70. The Morgan fingerprint density at radius 2 is 2.00 bits per heavy atom. The Hall–Kier alpha value is -1.81. The van der Waals surface area contributed by atoms with Gasteiger partial charge in [0.15, 0.2) is 0 Å². The fraction of sp³-hybridized carbons (Fsp3) is 0.143. The summed E-state index contributed by atoms with van der Waals surface area (Å²) in [5.74, 6) is 0.794. The van der Waals surface area contributed by atoms with Gasteiger partial charge in [-0.05, 0) is 24.3 Å². The van der Waals surface area contributed by atoms with Gasteiger partial charge in [-0.25, -0.2) is 0 Å². The molecular weight excluding hydrogens is 244 g/mol. The third-order valence-electron chi connectivity index (χ3n) is 2.29. The molecule has 0 atom stereocenters. The lowest BCUT2D eigenvalue weighted by Gasteiger charge is -2.04. The van der Waals surface area contributed by atoms with Gasteiger partial charge in [0.25, 0.3) is 0 Å². The van der Waals surface area contributed by atoms with Crippen LogP contribution in [0.4, 0.5) is 5.69 Å². The maximum absolute atomic E-state index is 11.7. The van der Waals surface area contributed by atoms with E-state index in [1.54, 1.807) is 30.2 Å². The predicted octanol–water partition coefficient (Wildman–Crippen LogP) is 3.20. The predicted molar refractivity (Wildman–Crippen MR) is 74.6 cm³/mol. The minimum absolute atomic E-state index is 0.0198. The molecule has 0 spiro atoms. The summed E-state index contributed by atoms with van der Waals surface area (Å²) in [6, 6.07) is 13.7. The van der Waals surface area contributed by atoms with E-state index in [-0.39, 0.29) is 5.91 Å². The first-order valence-electron chi connectivity index (χ1n) is 5.72. The first kappa shape index (κ1) is 12.6. The summed E-state index contributed by atoms with van der Waals surface area (Å²) < 4.78 is 0. The Bertz CT molecular complexity index is 488. The summed E-state index contributed by atoms with van der Waals surface area (Å²) in [7, 11) is 0. The number of carbonyl (C=O) groups excluding carboxylic acids is 1. The molecule has 1 aromatic carbocycles. The van der Waals surface area contributed by atoms with Gasteiger partial charge in [-0.2, -0.15) is 0 Å². The minimum Gasteiger partial charge on any atom is -0.325 e. The quantitative estimate of drug-likeness (QED) is 0.837. The van der Waals surface area contributed by atoms with E-state index < -0.39 is 0 Å². The Morgan fingerprint density at radius 1 is 1.17 bits per heavy atom. The highest BCUT2D eigenvalue weighted by Gasteiger charge is 2.02. The second kappa shape index (κ2) is 6.81. The van der Waals surface area contributed by atoms with Gasteiger partial charge < -0.3 is 5.32 Å². The Kier molecular flexibility index (Phi) is 4.78. The number of anilines is 1. The van der Waals surface area contributed by atoms with E-state index in [1.807, 2.05) is 36.4 Å². The van der Waals surface area contributed by atoms with Crippen molar-refractivity contribution in [2.45, 2.75) is 11.3 Å². The highest BCUT2D eigenvalue weighted by molar-refractivity contribution is 7.99. The monoisotopic (exact) mass is 258 g/mol. The fourth-order valence-corrected chi connectivity index (χ4v) is 2.31. The van der Waals surface area contributed by atoms with Crippen molar-refractivity contribution in [2.24, 2.45) is 0 Å². The van der Waals surface area contributed by atoms with E-state index >= 15 is 0 Å². The maximum atomic E-state index is 11.7. The normalized spacial score (nSPS) is 10.0. The van der Waals surface area contributed by atoms with Gasteiger partial charge in [0.05, 0.1) is 11.9 Å². The van der Waals surface area contributed by atoms with Crippen LogP contribution in [0.3, 0.4) is 0 Å². The van der Waals surface area contributed by atoms with Crippen LogP contribution in [0.5, 0.6) is 0 Å². The van der Waals surface area contributed by atoms with Gasteiger partial charge in [0.2, 0.25) is 5.91 Å². The van der Waals surface area contributed by atoms with Crippen LogP contribution in [-0.4, -0.2) is 16.6 Å². The lowest BCUT2D eigenvalue weighted by Crippen LogP contribution is -2.12. The molecule has 0 radical (unpaired) electrons. The summed E-state index contributed by atoms with van der Waals surface area (Å²) in [4.78, 5) is 16.8. The van der Waals surface area contributed by atoms with Crippen LogP contribution in [-0.2, 0) is 4.79 Å². The van der Waals surface area contributed by atoms with Crippen LogP contribution in [0.25, 0.3) is 0 Å². The number of amides is 1. The maximum Gasteiger partial charge on any atom is 0.225 e. The molecule has 4 heteroatoms. The van der Waals surface area contributed by atoms with Crippen molar-refractivity contribution in [3.8, 4) is 0 Å². The third kappa shape index (κ3) is 4.22. The molecule has 0 saturated heterocycles. The zero-order valence-electron chi connectivity index (χ0n) is 9.87. The van der Waals surface area contributed by atoms with E-state index in [0.717, 1.165) is 11.4 Å². The summed E-state index contributed by atoms with van der Waals surface area (Å²) in [5.41, 5.74) is 0.743. The van der Waals surface area contributed by atoms with Crippen molar-refractivity contribution in [2.75, 3.05) is 11.1 Å². The van der Waals surface area contributed by atoms with Gasteiger partial charge in [0, 0.05) is 23.3 Å². The summed E-state index contributed by atoms with van der Waals surface area (Å²) >= 11 is 1.68. The second-order valence-corrected chi connectivity index (χ2v) is 4.87. The number of hydrogen-bond donors (Lipinski definition) is 1. The molecule has 0 saturated carbocycles. The SMILES string of the molecule is O=C(CCSc1ccccc1)Nc1cccnc1. The topological polar surface area (TPSA) is 42.0 Å². The number of thioether (sulfide) groups is 1. The van der Waals surface area contributed by atoms with Crippen LogP contribution in [0.1, 0.15) is 6.42 Å². The molecule has 0 aliphatic carbocycles. The molecule has 1 amide bonds. The number of carbonyl (C=O) groups is 1. The third-order valence-corrected chi connectivity index (χ3v) is 3.30. The number of rotatable bonds is 5. The molecule has 0 aliphatic heterocycles. The van der Waals surface area contributed by atoms with Gasteiger partial charge in [-0.1, -0.05) is 18.2 Å². The van der Waals surface area contributed by atoms with E-state index in [1.165, 1.54) is 4.90 Å². The summed E-state index contributed by atoms with van der Waals surface area (Å²) in [6.07, 6.45) is 3.82. The van der Waals surface area contributed by atoms with Crippen molar-refractivity contribution in [1.82, 2.24) is 4.98 Å². The largest absolute Gasteiger partial charge is 0.325 e. The standard InChI is InChI=1S/C14H14N2OS/c17-14(16-12-5-4-9-15-11-12)8-10-18-13-6-2-1-3-7-13/h1-7,9,11H,8,10H2,(H,16,17). The van der Waals surface area contributed by atoms with Crippen molar-refractivity contribution < 1.29 is 4.79 Å². The molecule has 18 heavy (non-hydrogen) atoms. The van der Waals surface area contributed by atoms with E-state index in [0.29, 0.717) is 6.42 Å². The van der Waals surface area contributed by atoms with Crippen LogP contribution < -0.4 is 5.32 Å². The molecule has 92 valence electrons. The zero-order chi connectivity index (χ0) is 12.6. The molecule has 0 aliphatic rings. The van der Waals surface area contributed by atoms with Crippen LogP contribution in [0.2, 0.25) is 0 Å². The number of hydrogen-bond acceptors (Lipinski definition) is 3. The fourth-order valence-electron chi connectivity index (χ4n) is 1.44. The first-order chi connectivity index (χ1) is 8.84. The van der Waals surface area contributed by atoms with Crippen LogP contribution in [0, 0.1) is 0 Å². The van der Waals surface area contributed by atoms with E-state index in [2.05, 4.69) is 10.3 Å². The number of benzene rings is 1. The first-order valence-corrected chi connectivity index (χ1v) is 6.71. The van der Waals surface area contributed by atoms with Gasteiger partial charge in [0.1, 0.15) is 0 Å². The van der Waals surface area contributed by atoms with Crippen LogP contribution >= 0.6 is 11.8 Å². The zero-order valence-corrected chi connectivity index (χ0v) is 10.7. The van der Waals surface area contributed by atoms with Crippen molar-refractivity contribution in [1.29, 1.82) is 0 Å². The molecule has 0 bridgehead atoms. The molecule has 3 nitrogen and oxygen atoms in total. The molecule has 1 aromatic heterocycles. The number of pyridine rings is 1. The van der Waals surface area contributed by atoms with Gasteiger partial charge in [-0.15, -0.1) is 11.8 Å². The number of nitrogens with zero attached hydrogens (tertiary/aromatic N) is 1. The number of nitrogens with one attached hydrogen (secondary N) is 1. The van der Waals surface area contributed by atoms with Crippen molar-refractivity contribution in [3.05, 3.63) is 54.9 Å². The molecule has 2 aromatic rings. The summed E-state index contributed by atoms with van der Waals surface area (Å²) in [5, 5.41) is 2.81. The van der Waals surface area contributed by atoms with Gasteiger partial charge in [-0.3, -0.25) is 9.78 Å². The highest BCUT2D eigenvalue weighted by atomic mass is 32.2. The van der Waals surface area contributed by atoms with Gasteiger partial charge >= 0.3 is 0 Å². The minimum atomic E-state index is 0.0198. The molecule has 2 rings (SSSR count). The van der Waals surface area contributed by atoms with Crippen molar-refractivity contribution >= 4 is 23.4 Å². The molecular formula is C14H14N2OS. The Morgan fingerprint density at radius 3 is 2.72 bits per heavy atom. The Labute approximate surface area is 111 Å².